The Morgan fingerprint density at radius 1 is 1.57 bits per heavy atom. The van der Waals surface area contributed by atoms with Crippen LogP contribution in [0, 0.1) is 21.8 Å². The molecule has 7 heteroatoms. The normalized spacial score (nSPS) is 19.9. The van der Waals surface area contributed by atoms with Crippen molar-refractivity contribution >= 4 is 11.4 Å². The van der Waals surface area contributed by atoms with Gasteiger partial charge in [0, 0.05) is 12.1 Å². The first-order valence-corrected chi connectivity index (χ1v) is 7.02. The number of hydrogen-bond acceptors (Lipinski definition) is 5. The Kier molecular flexibility index (Phi) is 4.95. The van der Waals surface area contributed by atoms with Gasteiger partial charge in [-0.3, -0.25) is 10.1 Å². The van der Waals surface area contributed by atoms with Gasteiger partial charge in [-0.05, 0) is 38.8 Å². The molecule has 1 fully saturated rings. The number of rotatable bonds is 5. The summed E-state index contributed by atoms with van der Waals surface area (Å²) in [6.45, 7) is 3.87. The van der Waals surface area contributed by atoms with E-state index in [4.69, 9.17) is 4.74 Å². The summed E-state index contributed by atoms with van der Waals surface area (Å²) in [6, 6.07) is 2.29. The molecule has 1 aromatic rings. The van der Waals surface area contributed by atoms with Crippen LogP contribution < -0.4 is 15.4 Å². The molecule has 116 valence electrons. The standard InChI is InChI=1S/C14H20FN3O3/c1-9(10-4-3-5-16-8-10)17-12-7-14(21-2)11(15)6-13(12)18(19)20/h6-7,9-10,16-17H,3-5,8H2,1-2H3. The first-order valence-electron chi connectivity index (χ1n) is 7.02. The lowest BCUT2D eigenvalue weighted by Gasteiger charge is -2.29. The fourth-order valence-electron chi connectivity index (χ4n) is 2.63. The van der Waals surface area contributed by atoms with Gasteiger partial charge in [-0.2, -0.15) is 0 Å². The minimum Gasteiger partial charge on any atom is -0.494 e. The molecule has 2 rings (SSSR count). The highest BCUT2D eigenvalue weighted by molar-refractivity contribution is 5.65. The molecular weight excluding hydrogens is 277 g/mol. The third-order valence-electron chi connectivity index (χ3n) is 3.89. The summed E-state index contributed by atoms with van der Waals surface area (Å²) in [5, 5.41) is 17.5. The Morgan fingerprint density at radius 3 is 2.90 bits per heavy atom. The van der Waals surface area contributed by atoms with Crippen molar-refractivity contribution in [3.05, 3.63) is 28.1 Å². The molecule has 0 amide bonds. The van der Waals surface area contributed by atoms with E-state index in [0.717, 1.165) is 32.0 Å². The van der Waals surface area contributed by atoms with Crippen LogP contribution >= 0.6 is 0 Å². The predicted octanol–water partition coefficient (Wildman–Crippen LogP) is 2.54. The van der Waals surface area contributed by atoms with E-state index in [1.807, 2.05) is 6.92 Å². The largest absolute Gasteiger partial charge is 0.494 e. The van der Waals surface area contributed by atoms with Crippen LogP contribution in [0.5, 0.6) is 5.75 Å². The van der Waals surface area contributed by atoms with Gasteiger partial charge in [0.15, 0.2) is 11.6 Å². The van der Waals surface area contributed by atoms with Gasteiger partial charge in [-0.15, -0.1) is 0 Å². The molecule has 2 atom stereocenters. The maximum atomic E-state index is 13.6. The maximum Gasteiger partial charge on any atom is 0.295 e. The minimum atomic E-state index is -0.735. The zero-order valence-electron chi connectivity index (χ0n) is 12.2. The van der Waals surface area contributed by atoms with Crippen molar-refractivity contribution in [1.82, 2.24) is 5.32 Å². The van der Waals surface area contributed by atoms with Crippen LogP contribution in [0.15, 0.2) is 12.1 Å². The van der Waals surface area contributed by atoms with Crippen LogP contribution in [0.4, 0.5) is 15.8 Å². The highest BCUT2D eigenvalue weighted by Gasteiger charge is 2.24. The van der Waals surface area contributed by atoms with Gasteiger partial charge >= 0.3 is 0 Å². The Bertz CT molecular complexity index is 518. The van der Waals surface area contributed by atoms with E-state index in [1.165, 1.54) is 13.2 Å². The molecule has 1 aromatic carbocycles. The molecule has 0 saturated carbocycles. The van der Waals surface area contributed by atoms with Gasteiger partial charge in [0.25, 0.3) is 5.69 Å². The average molecular weight is 297 g/mol. The van der Waals surface area contributed by atoms with E-state index >= 15 is 0 Å². The number of nitro benzene ring substituents is 1. The van der Waals surface area contributed by atoms with Crippen molar-refractivity contribution in [3.8, 4) is 5.75 Å². The molecule has 6 nitrogen and oxygen atoms in total. The van der Waals surface area contributed by atoms with E-state index in [9.17, 15) is 14.5 Å². The van der Waals surface area contributed by atoms with Gasteiger partial charge in [0.2, 0.25) is 0 Å². The number of piperidine rings is 1. The Labute approximate surface area is 122 Å². The van der Waals surface area contributed by atoms with Crippen LogP contribution in [0.2, 0.25) is 0 Å². The molecule has 21 heavy (non-hydrogen) atoms. The first kappa shape index (κ1) is 15.5. The fraction of sp³-hybridized carbons (Fsp3) is 0.571. The number of hydrogen-bond donors (Lipinski definition) is 2. The third-order valence-corrected chi connectivity index (χ3v) is 3.89. The van der Waals surface area contributed by atoms with E-state index in [1.54, 1.807) is 0 Å². The fourth-order valence-corrected chi connectivity index (χ4v) is 2.63. The number of methoxy groups -OCH3 is 1. The van der Waals surface area contributed by atoms with Crippen molar-refractivity contribution in [2.24, 2.45) is 5.92 Å². The summed E-state index contributed by atoms with van der Waals surface area (Å²) in [5.41, 5.74) is 0.0141. The maximum absolute atomic E-state index is 13.6. The first-order chi connectivity index (χ1) is 10.0. The molecule has 1 aliphatic heterocycles. The summed E-state index contributed by atoms with van der Waals surface area (Å²) < 4.78 is 18.5. The number of nitrogens with one attached hydrogen (secondary N) is 2. The number of anilines is 1. The zero-order chi connectivity index (χ0) is 15.4. The van der Waals surface area contributed by atoms with Crippen molar-refractivity contribution in [1.29, 1.82) is 0 Å². The Hall–Kier alpha value is -1.89. The highest BCUT2D eigenvalue weighted by Crippen LogP contribution is 2.33. The van der Waals surface area contributed by atoms with E-state index in [2.05, 4.69) is 10.6 Å². The number of nitro groups is 1. The Morgan fingerprint density at radius 2 is 2.33 bits per heavy atom. The van der Waals surface area contributed by atoms with Crippen molar-refractivity contribution < 1.29 is 14.1 Å². The number of benzene rings is 1. The molecule has 1 aliphatic rings. The molecule has 0 spiro atoms. The SMILES string of the molecule is COc1cc(NC(C)C2CCCNC2)c([N+](=O)[O-])cc1F. The topological polar surface area (TPSA) is 76.4 Å². The van der Waals surface area contributed by atoms with Gasteiger partial charge in [-0.1, -0.05) is 0 Å². The van der Waals surface area contributed by atoms with Crippen LogP contribution in [0.25, 0.3) is 0 Å². The van der Waals surface area contributed by atoms with Gasteiger partial charge in [0.05, 0.1) is 18.1 Å². The minimum absolute atomic E-state index is 0.00271. The lowest BCUT2D eigenvalue weighted by atomic mass is 9.92. The molecule has 2 N–H and O–H groups in total. The van der Waals surface area contributed by atoms with Crippen LogP contribution in [0.1, 0.15) is 19.8 Å². The Balaban J connectivity index is 2.22. The molecule has 0 aromatic heterocycles. The number of ether oxygens (including phenoxy) is 1. The van der Waals surface area contributed by atoms with E-state index < -0.39 is 10.7 Å². The van der Waals surface area contributed by atoms with E-state index in [0.29, 0.717) is 5.92 Å². The van der Waals surface area contributed by atoms with Gasteiger partial charge in [0.1, 0.15) is 5.69 Å². The third kappa shape index (κ3) is 3.60. The molecule has 1 saturated heterocycles. The second-order valence-electron chi connectivity index (χ2n) is 5.30. The summed E-state index contributed by atoms with van der Waals surface area (Å²) in [6.07, 6.45) is 2.15. The summed E-state index contributed by atoms with van der Waals surface area (Å²) >= 11 is 0. The zero-order valence-corrected chi connectivity index (χ0v) is 12.2. The smallest absolute Gasteiger partial charge is 0.295 e. The van der Waals surface area contributed by atoms with Crippen molar-refractivity contribution in [2.75, 3.05) is 25.5 Å². The summed E-state index contributed by atoms with van der Waals surface area (Å²) in [7, 11) is 1.34. The number of nitrogens with zero attached hydrogens (tertiary/aromatic N) is 1. The van der Waals surface area contributed by atoms with Crippen molar-refractivity contribution in [2.45, 2.75) is 25.8 Å². The number of halogens is 1. The summed E-state index contributed by atoms with van der Waals surface area (Å²) in [4.78, 5) is 10.5. The summed E-state index contributed by atoms with van der Waals surface area (Å²) in [5.74, 6) is -0.354. The highest BCUT2D eigenvalue weighted by atomic mass is 19.1. The van der Waals surface area contributed by atoms with Crippen molar-refractivity contribution in [3.63, 3.8) is 0 Å². The molecular formula is C14H20FN3O3. The molecule has 1 heterocycles. The van der Waals surface area contributed by atoms with Gasteiger partial charge < -0.3 is 15.4 Å². The van der Waals surface area contributed by atoms with Crippen LogP contribution in [-0.4, -0.2) is 31.2 Å². The quantitative estimate of drug-likeness (QED) is 0.645. The average Bonchev–Trinajstić information content (AvgIpc) is 2.49. The molecule has 2 unspecified atom stereocenters. The second-order valence-corrected chi connectivity index (χ2v) is 5.30. The molecule has 0 radical (unpaired) electrons. The van der Waals surface area contributed by atoms with Crippen LogP contribution in [-0.2, 0) is 0 Å². The van der Waals surface area contributed by atoms with Gasteiger partial charge in [-0.25, -0.2) is 4.39 Å². The molecule has 0 bridgehead atoms. The lowest BCUT2D eigenvalue weighted by Crippen LogP contribution is -2.38. The van der Waals surface area contributed by atoms with E-state index in [-0.39, 0.29) is 23.2 Å². The lowest BCUT2D eigenvalue weighted by molar-refractivity contribution is -0.384. The monoisotopic (exact) mass is 297 g/mol. The predicted molar refractivity (Wildman–Crippen MR) is 78.3 cm³/mol. The van der Waals surface area contributed by atoms with Crippen LogP contribution in [0.3, 0.4) is 0 Å². The molecule has 0 aliphatic carbocycles. The second kappa shape index (κ2) is 6.71.